The number of alkyl halides is 2. The van der Waals surface area contributed by atoms with E-state index in [1.165, 1.54) is 30.3 Å². The van der Waals surface area contributed by atoms with Crippen LogP contribution in [-0.4, -0.2) is 42.5 Å². The summed E-state index contributed by atoms with van der Waals surface area (Å²) in [5, 5.41) is 17.0. The highest BCUT2D eigenvalue weighted by atomic mass is 35.5. The number of carboxylic acids is 2. The largest absolute Gasteiger partial charge is 0.480 e. The van der Waals surface area contributed by atoms with Crippen LogP contribution in [0.25, 0.3) is 6.08 Å². The normalized spacial score (nSPS) is 10.8. The summed E-state index contributed by atoms with van der Waals surface area (Å²) in [5.74, 6) is -2.40. The highest BCUT2D eigenvalue weighted by molar-refractivity contribution is 7.89. The molecular weight excluding hydrogens is 357 g/mol. The Morgan fingerprint density at radius 2 is 1.64 bits per heavy atom. The first-order chi connectivity index (χ1) is 10.2. The molecule has 0 saturated heterocycles. The van der Waals surface area contributed by atoms with Crippen molar-refractivity contribution in [3.05, 3.63) is 35.9 Å². The van der Waals surface area contributed by atoms with Crippen LogP contribution in [0.4, 0.5) is 0 Å². The molecule has 0 saturated carbocycles. The topological polar surface area (TPSA) is 121 Å². The van der Waals surface area contributed by atoms with Gasteiger partial charge in [-0.25, -0.2) is 13.2 Å². The molecule has 10 heteroatoms. The Kier molecular flexibility index (Phi) is 9.43. The number of halogens is 2. The summed E-state index contributed by atoms with van der Waals surface area (Å²) in [6, 6.07) is 5.33. The SMILES string of the molecule is ClCCl.O=C(O)/C=C/c1ccc(S(=O)(=O)NCC(=O)O)cc1. The summed E-state index contributed by atoms with van der Waals surface area (Å²) >= 11 is 9.53. The van der Waals surface area contributed by atoms with Crippen molar-refractivity contribution < 1.29 is 28.2 Å². The van der Waals surface area contributed by atoms with Gasteiger partial charge in [-0.15, -0.1) is 23.2 Å². The third kappa shape index (κ3) is 8.63. The van der Waals surface area contributed by atoms with Crippen molar-refractivity contribution in [3.8, 4) is 0 Å². The molecular formula is C12H13Cl2NO6S. The number of rotatable bonds is 6. The molecule has 122 valence electrons. The van der Waals surface area contributed by atoms with Gasteiger partial charge in [-0.1, -0.05) is 12.1 Å². The van der Waals surface area contributed by atoms with E-state index >= 15 is 0 Å². The van der Waals surface area contributed by atoms with Gasteiger partial charge in [-0.2, -0.15) is 4.72 Å². The lowest BCUT2D eigenvalue weighted by atomic mass is 10.2. The number of aliphatic carboxylic acids is 2. The van der Waals surface area contributed by atoms with Gasteiger partial charge in [0.2, 0.25) is 10.0 Å². The smallest absolute Gasteiger partial charge is 0.328 e. The molecule has 0 bridgehead atoms. The van der Waals surface area contributed by atoms with Gasteiger partial charge in [0.05, 0.1) is 10.2 Å². The highest BCUT2D eigenvalue weighted by Gasteiger charge is 2.14. The van der Waals surface area contributed by atoms with Gasteiger partial charge in [0.25, 0.3) is 0 Å². The Bertz CT molecular complexity index is 628. The van der Waals surface area contributed by atoms with Gasteiger partial charge in [-0.05, 0) is 23.8 Å². The summed E-state index contributed by atoms with van der Waals surface area (Å²) in [6.07, 6.45) is 2.23. The quantitative estimate of drug-likeness (QED) is 0.516. The second-order valence-electron chi connectivity index (χ2n) is 3.56. The monoisotopic (exact) mass is 369 g/mol. The minimum Gasteiger partial charge on any atom is -0.480 e. The van der Waals surface area contributed by atoms with E-state index in [4.69, 9.17) is 33.4 Å². The average Bonchev–Trinajstić information content (AvgIpc) is 2.44. The molecule has 0 radical (unpaired) electrons. The molecule has 0 amide bonds. The van der Waals surface area contributed by atoms with Crippen LogP contribution in [0.15, 0.2) is 35.2 Å². The zero-order valence-corrected chi connectivity index (χ0v) is 13.4. The highest BCUT2D eigenvalue weighted by Crippen LogP contribution is 2.11. The Hall–Kier alpha value is -1.61. The van der Waals surface area contributed by atoms with E-state index in [1.807, 2.05) is 4.72 Å². The first kappa shape index (κ1) is 20.4. The molecule has 0 atom stereocenters. The molecule has 1 aromatic carbocycles. The van der Waals surface area contributed by atoms with Crippen molar-refractivity contribution in [3.63, 3.8) is 0 Å². The van der Waals surface area contributed by atoms with E-state index in [-0.39, 0.29) is 10.2 Å². The van der Waals surface area contributed by atoms with Gasteiger partial charge in [0, 0.05) is 6.08 Å². The number of hydrogen-bond donors (Lipinski definition) is 3. The fourth-order valence-electron chi connectivity index (χ4n) is 1.17. The van der Waals surface area contributed by atoms with Crippen LogP contribution in [0.3, 0.4) is 0 Å². The van der Waals surface area contributed by atoms with Crippen molar-refractivity contribution >= 4 is 51.2 Å². The number of carbonyl (C=O) groups is 2. The van der Waals surface area contributed by atoms with Crippen molar-refractivity contribution in [2.75, 3.05) is 11.9 Å². The molecule has 3 N–H and O–H groups in total. The number of benzene rings is 1. The standard InChI is InChI=1S/C11H11NO6S.CH2Cl2/c13-10(14)6-3-8-1-4-9(5-2-8)19(17,18)12-7-11(15)16;2-1-3/h1-6,12H,7H2,(H,13,14)(H,15,16);1H2/b6-3+;. The zero-order chi connectivity index (χ0) is 17.2. The lowest BCUT2D eigenvalue weighted by Gasteiger charge is -2.04. The maximum atomic E-state index is 11.6. The first-order valence-corrected chi connectivity index (χ1v) is 8.12. The predicted octanol–water partition coefficient (Wildman–Crippen LogP) is 1.57. The van der Waals surface area contributed by atoms with E-state index in [9.17, 15) is 18.0 Å². The maximum Gasteiger partial charge on any atom is 0.328 e. The number of carboxylic acid groups (broad SMARTS) is 2. The van der Waals surface area contributed by atoms with E-state index in [0.29, 0.717) is 5.56 Å². The van der Waals surface area contributed by atoms with Crippen LogP contribution in [0.2, 0.25) is 0 Å². The Morgan fingerprint density at radius 3 is 2.05 bits per heavy atom. The summed E-state index contributed by atoms with van der Waals surface area (Å²) in [7, 11) is -3.87. The Morgan fingerprint density at radius 1 is 1.14 bits per heavy atom. The van der Waals surface area contributed by atoms with Crippen LogP contribution >= 0.6 is 23.2 Å². The van der Waals surface area contributed by atoms with E-state index in [2.05, 4.69) is 0 Å². The van der Waals surface area contributed by atoms with Crippen LogP contribution in [0.5, 0.6) is 0 Å². The second-order valence-corrected chi connectivity index (χ2v) is 6.13. The van der Waals surface area contributed by atoms with E-state index < -0.39 is 28.5 Å². The predicted molar refractivity (Wildman–Crippen MR) is 82.5 cm³/mol. The van der Waals surface area contributed by atoms with Crippen molar-refractivity contribution in [2.24, 2.45) is 0 Å². The molecule has 0 aliphatic heterocycles. The van der Waals surface area contributed by atoms with Gasteiger partial charge < -0.3 is 10.2 Å². The third-order valence-corrected chi connectivity index (χ3v) is 3.44. The lowest BCUT2D eigenvalue weighted by Crippen LogP contribution is -2.29. The van der Waals surface area contributed by atoms with E-state index in [0.717, 1.165) is 6.08 Å². The van der Waals surface area contributed by atoms with Crippen molar-refractivity contribution in [2.45, 2.75) is 4.90 Å². The molecule has 1 rings (SSSR count). The molecule has 0 spiro atoms. The summed E-state index contributed by atoms with van der Waals surface area (Å²) in [6.45, 7) is -0.705. The second kappa shape index (κ2) is 10.2. The summed E-state index contributed by atoms with van der Waals surface area (Å²) < 4.78 is 25.2. The number of sulfonamides is 1. The minimum absolute atomic E-state index is 0.0961. The van der Waals surface area contributed by atoms with Gasteiger partial charge >= 0.3 is 11.9 Å². The van der Waals surface area contributed by atoms with Gasteiger partial charge in [0.1, 0.15) is 6.54 Å². The lowest BCUT2D eigenvalue weighted by molar-refractivity contribution is -0.135. The first-order valence-electron chi connectivity index (χ1n) is 5.57. The fourth-order valence-corrected chi connectivity index (χ4v) is 2.14. The van der Waals surface area contributed by atoms with Gasteiger partial charge in [0.15, 0.2) is 0 Å². The molecule has 0 unspecified atom stereocenters. The molecule has 1 aromatic rings. The van der Waals surface area contributed by atoms with Crippen LogP contribution in [0, 0.1) is 0 Å². The van der Waals surface area contributed by atoms with E-state index in [1.54, 1.807) is 0 Å². The van der Waals surface area contributed by atoms with Crippen LogP contribution < -0.4 is 4.72 Å². The number of hydrogen-bond acceptors (Lipinski definition) is 4. The summed E-state index contributed by atoms with van der Waals surface area (Å²) in [5.41, 5.74) is 0.514. The Labute approximate surface area is 137 Å². The molecule has 22 heavy (non-hydrogen) atoms. The molecule has 0 heterocycles. The van der Waals surface area contributed by atoms with Gasteiger partial charge in [-0.3, -0.25) is 4.79 Å². The third-order valence-electron chi connectivity index (χ3n) is 2.02. The molecule has 0 aliphatic carbocycles. The van der Waals surface area contributed by atoms with Crippen LogP contribution in [-0.2, 0) is 19.6 Å². The number of nitrogens with one attached hydrogen (secondary N) is 1. The molecule has 7 nitrogen and oxygen atoms in total. The minimum atomic E-state index is -3.87. The zero-order valence-electron chi connectivity index (χ0n) is 11.1. The van der Waals surface area contributed by atoms with Crippen molar-refractivity contribution in [1.29, 1.82) is 0 Å². The molecule has 0 aliphatic rings. The maximum absolute atomic E-state index is 11.6. The Balaban J connectivity index is 0.00000135. The van der Waals surface area contributed by atoms with Crippen LogP contribution in [0.1, 0.15) is 5.56 Å². The van der Waals surface area contributed by atoms with Crippen molar-refractivity contribution in [1.82, 2.24) is 4.72 Å². The molecule has 0 aromatic heterocycles. The average molecular weight is 370 g/mol. The summed E-state index contributed by atoms with van der Waals surface area (Å²) in [4.78, 5) is 20.5. The fraction of sp³-hybridized carbons (Fsp3) is 0.167. The molecule has 0 fully saturated rings.